The average Bonchev–Trinajstić information content (AvgIpc) is 2.68. The van der Waals surface area contributed by atoms with Gasteiger partial charge in [-0.15, -0.1) is 0 Å². The molecule has 28 heavy (non-hydrogen) atoms. The van der Waals surface area contributed by atoms with Gasteiger partial charge < -0.3 is 15.4 Å². The van der Waals surface area contributed by atoms with Gasteiger partial charge >= 0.3 is 5.97 Å². The van der Waals surface area contributed by atoms with E-state index in [0.29, 0.717) is 15.7 Å². The number of carbonyl (C=O) groups is 3. The van der Waals surface area contributed by atoms with Crippen LogP contribution in [0.3, 0.4) is 0 Å². The first-order valence-electron chi connectivity index (χ1n) is 8.60. The van der Waals surface area contributed by atoms with Crippen molar-refractivity contribution in [2.75, 3.05) is 11.9 Å². The van der Waals surface area contributed by atoms with Crippen molar-refractivity contribution in [3.05, 3.63) is 64.1 Å². The summed E-state index contributed by atoms with van der Waals surface area (Å²) >= 11 is 11.7. The fourth-order valence-corrected chi connectivity index (χ4v) is 2.64. The van der Waals surface area contributed by atoms with Crippen LogP contribution in [-0.4, -0.2) is 24.4 Å². The quantitative estimate of drug-likeness (QED) is 0.626. The Hall–Kier alpha value is -2.57. The Bertz CT molecular complexity index is 843. The summed E-state index contributed by atoms with van der Waals surface area (Å²) in [5.74, 6) is -1.42. The lowest BCUT2D eigenvalue weighted by molar-refractivity contribution is -0.148. The van der Waals surface area contributed by atoms with Gasteiger partial charge in [0.2, 0.25) is 5.91 Å². The Morgan fingerprint density at radius 3 is 2.36 bits per heavy atom. The minimum Gasteiger partial charge on any atom is -0.456 e. The molecule has 0 aromatic heterocycles. The van der Waals surface area contributed by atoms with Crippen molar-refractivity contribution in [3.63, 3.8) is 0 Å². The molecular formula is C20H20Cl2N2O4. The molecule has 0 heterocycles. The highest BCUT2D eigenvalue weighted by Crippen LogP contribution is 2.24. The van der Waals surface area contributed by atoms with Crippen LogP contribution in [0.5, 0.6) is 0 Å². The number of esters is 1. The molecule has 0 spiro atoms. The summed E-state index contributed by atoms with van der Waals surface area (Å²) in [5.41, 5.74) is 1.40. The van der Waals surface area contributed by atoms with Crippen molar-refractivity contribution in [1.82, 2.24) is 5.32 Å². The lowest BCUT2D eigenvalue weighted by Crippen LogP contribution is -2.27. The van der Waals surface area contributed by atoms with Crippen LogP contribution in [0.25, 0.3) is 0 Å². The van der Waals surface area contributed by atoms with Gasteiger partial charge in [0, 0.05) is 12.1 Å². The molecule has 0 aliphatic carbocycles. The Kier molecular flexibility index (Phi) is 8.29. The van der Waals surface area contributed by atoms with Crippen LogP contribution in [0.2, 0.25) is 10.0 Å². The zero-order valence-corrected chi connectivity index (χ0v) is 16.7. The second-order valence-electron chi connectivity index (χ2n) is 6.04. The van der Waals surface area contributed by atoms with E-state index in [0.717, 1.165) is 5.56 Å². The van der Waals surface area contributed by atoms with Crippen LogP contribution in [0, 0.1) is 0 Å². The molecular weight excluding hydrogens is 403 g/mol. The Morgan fingerprint density at radius 2 is 1.68 bits per heavy atom. The summed E-state index contributed by atoms with van der Waals surface area (Å²) in [6.07, 6.45) is -0.141. The topological polar surface area (TPSA) is 84.5 Å². The van der Waals surface area contributed by atoms with E-state index in [4.69, 9.17) is 27.9 Å². The number of amides is 2. The van der Waals surface area contributed by atoms with E-state index in [2.05, 4.69) is 10.6 Å². The zero-order chi connectivity index (χ0) is 20.5. The normalized spacial score (nSPS) is 11.4. The third-order valence-electron chi connectivity index (χ3n) is 3.80. The Balaban J connectivity index is 1.68. The maximum atomic E-state index is 11.9. The fourth-order valence-electron chi connectivity index (χ4n) is 2.34. The first-order valence-corrected chi connectivity index (χ1v) is 9.35. The molecule has 0 aliphatic rings. The highest BCUT2D eigenvalue weighted by Gasteiger charge is 2.13. The van der Waals surface area contributed by atoms with Crippen LogP contribution in [0.4, 0.5) is 5.69 Å². The van der Waals surface area contributed by atoms with Crippen LogP contribution < -0.4 is 10.6 Å². The maximum absolute atomic E-state index is 11.9. The Morgan fingerprint density at radius 1 is 0.964 bits per heavy atom. The number of carbonyl (C=O) groups excluding carboxylic acids is 3. The smallest absolute Gasteiger partial charge is 0.306 e. The summed E-state index contributed by atoms with van der Waals surface area (Å²) in [4.78, 5) is 35.5. The highest BCUT2D eigenvalue weighted by molar-refractivity contribution is 6.42. The molecule has 2 aromatic carbocycles. The van der Waals surface area contributed by atoms with E-state index in [1.54, 1.807) is 12.1 Å². The highest BCUT2D eigenvalue weighted by atomic mass is 35.5. The van der Waals surface area contributed by atoms with E-state index in [1.165, 1.54) is 6.07 Å². The average molecular weight is 423 g/mol. The summed E-state index contributed by atoms with van der Waals surface area (Å²) in [6.45, 7) is 1.40. The number of anilines is 1. The molecule has 0 radical (unpaired) electrons. The second-order valence-corrected chi connectivity index (χ2v) is 6.85. The minimum atomic E-state index is -0.633. The summed E-state index contributed by atoms with van der Waals surface area (Å²) in [5, 5.41) is 6.01. The number of benzene rings is 2. The molecule has 0 fully saturated rings. The lowest BCUT2D eigenvalue weighted by atomic mass is 10.1. The van der Waals surface area contributed by atoms with Crippen molar-refractivity contribution in [2.45, 2.75) is 25.8 Å². The molecule has 0 saturated carbocycles. The van der Waals surface area contributed by atoms with Gasteiger partial charge in [-0.1, -0.05) is 53.5 Å². The number of rotatable bonds is 8. The molecule has 148 valence electrons. The molecule has 2 amide bonds. The fraction of sp³-hybridized carbons (Fsp3) is 0.250. The van der Waals surface area contributed by atoms with Crippen molar-refractivity contribution in [2.24, 2.45) is 0 Å². The summed E-state index contributed by atoms with van der Waals surface area (Å²) in [7, 11) is 0. The van der Waals surface area contributed by atoms with Gasteiger partial charge in [0.05, 0.1) is 22.5 Å². The summed E-state index contributed by atoms with van der Waals surface area (Å²) < 4.78 is 4.88. The number of halogens is 2. The number of nitrogens with one attached hydrogen (secondary N) is 2. The third-order valence-corrected chi connectivity index (χ3v) is 4.54. The molecule has 2 aromatic rings. The number of ether oxygens (including phenoxy) is 1. The van der Waals surface area contributed by atoms with Crippen molar-refractivity contribution < 1.29 is 19.1 Å². The van der Waals surface area contributed by atoms with Crippen molar-refractivity contribution in [3.8, 4) is 0 Å². The van der Waals surface area contributed by atoms with E-state index in [9.17, 15) is 14.4 Å². The first kappa shape index (κ1) is 21.7. The van der Waals surface area contributed by atoms with Crippen molar-refractivity contribution >= 4 is 46.7 Å². The van der Waals surface area contributed by atoms with Gasteiger partial charge in [-0.2, -0.15) is 0 Å². The lowest BCUT2D eigenvalue weighted by Gasteiger charge is -2.14. The van der Waals surface area contributed by atoms with Crippen LogP contribution >= 0.6 is 23.2 Å². The maximum Gasteiger partial charge on any atom is 0.306 e. The first-order chi connectivity index (χ1) is 13.3. The van der Waals surface area contributed by atoms with E-state index in [1.807, 2.05) is 37.3 Å². The van der Waals surface area contributed by atoms with Gasteiger partial charge in [-0.25, -0.2) is 0 Å². The van der Waals surface area contributed by atoms with E-state index in [-0.39, 0.29) is 24.8 Å². The third kappa shape index (κ3) is 7.21. The van der Waals surface area contributed by atoms with E-state index < -0.39 is 18.5 Å². The monoisotopic (exact) mass is 422 g/mol. The predicted molar refractivity (Wildman–Crippen MR) is 108 cm³/mol. The SMILES string of the molecule is C[C@H](NC(=O)CCC(=O)OCC(=O)Nc1ccc(Cl)c(Cl)c1)c1ccccc1. The molecule has 6 nitrogen and oxygen atoms in total. The molecule has 0 unspecified atom stereocenters. The van der Waals surface area contributed by atoms with Crippen LogP contribution in [0.1, 0.15) is 31.4 Å². The van der Waals surface area contributed by atoms with Crippen molar-refractivity contribution in [1.29, 1.82) is 0 Å². The van der Waals surface area contributed by atoms with Gasteiger partial charge in [-0.05, 0) is 30.7 Å². The van der Waals surface area contributed by atoms with Gasteiger partial charge in [0.25, 0.3) is 5.91 Å². The molecule has 1 atom stereocenters. The van der Waals surface area contributed by atoms with Gasteiger partial charge in [0.15, 0.2) is 6.61 Å². The van der Waals surface area contributed by atoms with Crippen LogP contribution in [0.15, 0.2) is 48.5 Å². The minimum absolute atomic E-state index is 0.0234. The Labute approximate surface area is 173 Å². The number of hydrogen-bond donors (Lipinski definition) is 2. The zero-order valence-electron chi connectivity index (χ0n) is 15.2. The van der Waals surface area contributed by atoms with E-state index >= 15 is 0 Å². The second kappa shape index (κ2) is 10.7. The molecule has 0 bridgehead atoms. The summed E-state index contributed by atoms with van der Waals surface area (Å²) in [6, 6.07) is 13.9. The molecule has 8 heteroatoms. The molecule has 0 aliphatic heterocycles. The van der Waals surface area contributed by atoms with Crippen LogP contribution in [-0.2, 0) is 19.1 Å². The predicted octanol–water partition coefficient (Wildman–Crippen LogP) is 4.13. The van der Waals surface area contributed by atoms with Gasteiger partial charge in [0.1, 0.15) is 0 Å². The largest absolute Gasteiger partial charge is 0.456 e. The molecule has 2 rings (SSSR count). The van der Waals surface area contributed by atoms with Gasteiger partial charge in [-0.3, -0.25) is 14.4 Å². The molecule has 0 saturated heterocycles. The standard InChI is InChI=1S/C20H20Cl2N2O4/c1-13(14-5-3-2-4-6-14)23-18(25)9-10-20(27)28-12-19(26)24-15-7-8-16(21)17(22)11-15/h2-8,11,13H,9-10,12H2,1H3,(H,23,25)(H,24,26)/t13-/m0/s1. The molecule has 2 N–H and O–H groups in total. The number of hydrogen-bond acceptors (Lipinski definition) is 4.